The molecule has 0 spiro atoms. The second-order valence-corrected chi connectivity index (χ2v) is 9.53. The monoisotopic (exact) mass is 398 g/mol. The Hall–Kier alpha value is -2.18. The fourth-order valence-corrected chi connectivity index (χ4v) is 5.79. The predicted octanol–water partition coefficient (Wildman–Crippen LogP) is 5.07. The van der Waals surface area contributed by atoms with Gasteiger partial charge in [0.1, 0.15) is 11.6 Å². The Labute approximate surface area is 166 Å². The molecule has 0 saturated carbocycles. The normalized spacial score (nSPS) is 18.1. The molecule has 5 nitrogen and oxygen atoms in total. The number of hydrogen-bond donors (Lipinski definition) is 0. The van der Waals surface area contributed by atoms with Crippen LogP contribution in [0.5, 0.6) is 0 Å². The van der Waals surface area contributed by atoms with Crippen molar-refractivity contribution in [3.05, 3.63) is 53.9 Å². The molecular formula is C22H26N2O3S. The molecule has 0 aliphatic carbocycles. The Morgan fingerprint density at radius 1 is 1.21 bits per heavy atom. The van der Waals surface area contributed by atoms with Crippen LogP contribution in [-0.4, -0.2) is 30.0 Å². The molecule has 0 amide bonds. The fraction of sp³-hybridized carbons (Fsp3) is 0.409. The van der Waals surface area contributed by atoms with Crippen molar-refractivity contribution in [1.29, 1.82) is 0 Å². The van der Waals surface area contributed by atoms with Gasteiger partial charge in [-0.1, -0.05) is 43.7 Å². The first-order valence-corrected chi connectivity index (χ1v) is 11.6. The number of rotatable bonds is 6. The van der Waals surface area contributed by atoms with Gasteiger partial charge in [0.2, 0.25) is 15.9 Å². The molecule has 0 radical (unpaired) electrons. The van der Waals surface area contributed by atoms with Crippen molar-refractivity contribution in [3.63, 3.8) is 0 Å². The number of oxazole rings is 1. The zero-order chi connectivity index (χ0) is 19.7. The van der Waals surface area contributed by atoms with E-state index in [1.165, 1.54) is 11.1 Å². The van der Waals surface area contributed by atoms with Crippen LogP contribution in [0.2, 0.25) is 0 Å². The highest BCUT2D eigenvalue weighted by Gasteiger charge is 2.37. The van der Waals surface area contributed by atoms with Gasteiger partial charge < -0.3 is 4.42 Å². The molecule has 6 heteroatoms. The summed E-state index contributed by atoms with van der Waals surface area (Å²) in [6, 6.07) is 13.9. The Bertz CT molecular complexity index is 1090. The molecule has 0 N–H and O–H groups in total. The van der Waals surface area contributed by atoms with Crippen molar-refractivity contribution in [3.8, 4) is 11.1 Å². The van der Waals surface area contributed by atoms with E-state index in [4.69, 9.17) is 4.42 Å². The first kappa shape index (κ1) is 19.2. The van der Waals surface area contributed by atoms with Crippen molar-refractivity contribution in [2.24, 2.45) is 0 Å². The number of unbranched alkanes of at least 4 members (excludes halogenated alkanes) is 1. The summed E-state index contributed by atoms with van der Waals surface area (Å²) in [7, 11) is -3.28. The highest BCUT2D eigenvalue weighted by atomic mass is 32.2. The van der Waals surface area contributed by atoms with Crippen LogP contribution >= 0.6 is 0 Å². The average molecular weight is 399 g/mol. The molecule has 148 valence electrons. The van der Waals surface area contributed by atoms with E-state index < -0.39 is 10.0 Å². The lowest BCUT2D eigenvalue weighted by atomic mass is 10.0. The molecule has 1 atom stereocenters. The van der Waals surface area contributed by atoms with Crippen molar-refractivity contribution in [1.82, 2.24) is 9.29 Å². The zero-order valence-corrected chi connectivity index (χ0v) is 17.2. The summed E-state index contributed by atoms with van der Waals surface area (Å²) in [5.41, 5.74) is 4.93. The molecule has 1 aliphatic rings. The summed E-state index contributed by atoms with van der Waals surface area (Å²) in [5.74, 6) is 0.701. The summed E-state index contributed by atoms with van der Waals surface area (Å²) in [5, 5.41) is 0. The van der Waals surface area contributed by atoms with Gasteiger partial charge in [0, 0.05) is 6.54 Å². The topological polar surface area (TPSA) is 63.4 Å². The van der Waals surface area contributed by atoms with Crippen LogP contribution in [-0.2, 0) is 10.0 Å². The molecule has 0 bridgehead atoms. The molecule has 1 saturated heterocycles. The van der Waals surface area contributed by atoms with Gasteiger partial charge in [-0.05, 0) is 55.0 Å². The Kier molecular flexibility index (Phi) is 5.25. The third-order valence-electron chi connectivity index (χ3n) is 5.46. The second-order valence-electron chi connectivity index (χ2n) is 7.49. The summed E-state index contributed by atoms with van der Waals surface area (Å²) in [6.45, 7) is 4.64. The molecule has 1 aliphatic heterocycles. The van der Waals surface area contributed by atoms with Gasteiger partial charge in [-0.2, -0.15) is 4.31 Å². The lowest BCUT2D eigenvalue weighted by Gasteiger charge is -2.21. The van der Waals surface area contributed by atoms with E-state index in [2.05, 4.69) is 24.0 Å². The van der Waals surface area contributed by atoms with E-state index in [-0.39, 0.29) is 11.8 Å². The molecule has 4 rings (SSSR count). The van der Waals surface area contributed by atoms with Crippen molar-refractivity contribution >= 4 is 21.1 Å². The first-order valence-electron chi connectivity index (χ1n) is 9.95. The minimum Gasteiger partial charge on any atom is -0.439 e. The Morgan fingerprint density at radius 3 is 2.82 bits per heavy atom. The van der Waals surface area contributed by atoms with Gasteiger partial charge in [-0.25, -0.2) is 13.4 Å². The summed E-state index contributed by atoms with van der Waals surface area (Å²) < 4.78 is 33.0. The second kappa shape index (κ2) is 7.68. The summed E-state index contributed by atoms with van der Waals surface area (Å²) in [6.07, 6.45) is 3.13. The molecule has 2 aromatic carbocycles. The lowest BCUT2D eigenvalue weighted by Crippen LogP contribution is -2.32. The summed E-state index contributed by atoms with van der Waals surface area (Å²) >= 11 is 0. The number of fused-ring (bicyclic) bond motifs is 1. The van der Waals surface area contributed by atoms with Gasteiger partial charge in [-0.3, -0.25) is 0 Å². The van der Waals surface area contributed by atoms with Crippen LogP contribution in [0.15, 0.2) is 46.9 Å². The van der Waals surface area contributed by atoms with E-state index in [9.17, 15) is 8.42 Å². The van der Waals surface area contributed by atoms with Gasteiger partial charge in [0.25, 0.3) is 0 Å². The van der Waals surface area contributed by atoms with Gasteiger partial charge in [0.15, 0.2) is 5.58 Å². The Balaban J connectivity index is 1.67. The van der Waals surface area contributed by atoms with E-state index in [1.54, 1.807) is 4.31 Å². The smallest absolute Gasteiger partial charge is 0.214 e. The van der Waals surface area contributed by atoms with Gasteiger partial charge in [0.05, 0.1) is 5.75 Å². The van der Waals surface area contributed by atoms with E-state index in [1.807, 2.05) is 37.3 Å². The van der Waals surface area contributed by atoms with Gasteiger partial charge >= 0.3 is 0 Å². The molecular weight excluding hydrogens is 372 g/mol. The van der Waals surface area contributed by atoms with Crippen molar-refractivity contribution in [2.45, 2.75) is 45.6 Å². The van der Waals surface area contributed by atoms with Crippen molar-refractivity contribution in [2.75, 3.05) is 12.3 Å². The number of aromatic nitrogens is 1. The van der Waals surface area contributed by atoms with E-state index >= 15 is 0 Å². The minimum absolute atomic E-state index is 0.192. The third kappa shape index (κ3) is 3.59. The average Bonchev–Trinajstić information content (AvgIpc) is 3.33. The standard InChI is InChI=1S/C22H26N2O3S/c1-3-4-14-28(25,26)24-13-7-10-20(24)22-23-19-15-17(11-12-21(19)27-22)18-9-6-5-8-16(18)2/h5-6,8-9,11-12,15,20H,3-4,7,10,13-14H2,1-2H3. The summed E-state index contributed by atoms with van der Waals surface area (Å²) in [4.78, 5) is 4.68. The minimum atomic E-state index is -3.28. The predicted molar refractivity (Wildman–Crippen MR) is 112 cm³/mol. The molecule has 2 heterocycles. The Morgan fingerprint density at radius 2 is 2.04 bits per heavy atom. The van der Waals surface area contributed by atoms with Gasteiger partial charge in [-0.15, -0.1) is 0 Å². The maximum atomic E-state index is 12.7. The molecule has 28 heavy (non-hydrogen) atoms. The fourth-order valence-electron chi connectivity index (χ4n) is 3.92. The quantitative estimate of drug-likeness (QED) is 0.581. The first-order chi connectivity index (χ1) is 13.5. The highest BCUT2D eigenvalue weighted by molar-refractivity contribution is 7.89. The number of aryl methyl sites for hydroxylation is 1. The maximum absolute atomic E-state index is 12.7. The van der Waals surface area contributed by atoms with Crippen LogP contribution < -0.4 is 0 Å². The largest absolute Gasteiger partial charge is 0.439 e. The zero-order valence-electron chi connectivity index (χ0n) is 16.4. The molecule has 1 aromatic heterocycles. The highest BCUT2D eigenvalue weighted by Crippen LogP contribution is 2.36. The van der Waals surface area contributed by atoms with Crippen LogP contribution in [0.25, 0.3) is 22.2 Å². The molecule has 1 unspecified atom stereocenters. The maximum Gasteiger partial charge on any atom is 0.214 e. The van der Waals surface area contributed by atoms with Crippen LogP contribution in [0.1, 0.15) is 50.1 Å². The SMILES string of the molecule is CCCCS(=O)(=O)N1CCCC1c1nc2cc(-c3ccccc3C)ccc2o1. The number of hydrogen-bond acceptors (Lipinski definition) is 4. The van der Waals surface area contributed by atoms with E-state index in [0.717, 1.165) is 30.3 Å². The number of nitrogens with zero attached hydrogens (tertiary/aromatic N) is 2. The van der Waals surface area contributed by atoms with Crippen LogP contribution in [0, 0.1) is 6.92 Å². The lowest BCUT2D eigenvalue weighted by molar-refractivity contribution is 0.337. The molecule has 1 fully saturated rings. The third-order valence-corrected chi connectivity index (χ3v) is 7.42. The van der Waals surface area contributed by atoms with Crippen molar-refractivity contribution < 1.29 is 12.8 Å². The van der Waals surface area contributed by atoms with E-state index in [0.29, 0.717) is 24.4 Å². The number of sulfonamides is 1. The van der Waals surface area contributed by atoms with Crippen LogP contribution in [0.4, 0.5) is 0 Å². The molecule has 3 aromatic rings. The number of benzene rings is 2. The van der Waals surface area contributed by atoms with Crippen LogP contribution in [0.3, 0.4) is 0 Å².